The van der Waals surface area contributed by atoms with E-state index in [1.165, 1.54) is 32.9 Å². The summed E-state index contributed by atoms with van der Waals surface area (Å²) in [6, 6.07) is 73.2. The standard InChI is InChI=1S/C53H34N2O/c1-2-11-39(12-3-1)48-33-41(34-49(54-48)40-27-25-38(26-28-40)43-16-10-17-47-46-15-6-9-20-52(46)56-53(43)47)37-23-21-35(22-24-37)36-29-31-42(32-30-36)55-50-18-7-4-13-44(50)45-14-5-8-19-51(45)55/h1-34H. The van der Waals surface area contributed by atoms with Gasteiger partial charge in [-0.2, -0.15) is 0 Å². The van der Waals surface area contributed by atoms with Gasteiger partial charge >= 0.3 is 0 Å². The van der Waals surface area contributed by atoms with Gasteiger partial charge in [0.25, 0.3) is 0 Å². The molecule has 3 aromatic heterocycles. The molecule has 3 heteroatoms. The number of para-hydroxylation sites is 4. The first kappa shape index (κ1) is 32.0. The minimum atomic E-state index is 0.905. The van der Waals surface area contributed by atoms with E-state index in [9.17, 15) is 0 Å². The molecule has 0 aliphatic heterocycles. The predicted molar refractivity (Wildman–Crippen MR) is 233 cm³/mol. The van der Waals surface area contributed by atoms with Crippen LogP contribution in [0.15, 0.2) is 211 Å². The second kappa shape index (κ2) is 13.1. The lowest BCUT2D eigenvalue weighted by Gasteiger charge is -2.12. The third-order valence-electron chi connectivity index (χ3n) is 11.0. The maximum absolute atomic E-state index is 6.35. The molecule has 0 saturated heterocycles. The molecule has 3 nitrogen and oxygen atoms in total. The number of fused-ring (bicyclic) bond motifs is 6. The Morgan fingerprint density at radius 1 is 0.339 bits per heavy atom. The van der Waals surface area contributed by atoms with Crippen molar-refractivity contribution in [3.8, 4) is 61.6 Å². The van der Waals surface area contributed by atoms with E-state index in [1.807, 2.05) is 18.2 Å². The molecule has 0 fully saturated rings. The molecule has 262 valence electrons. The van der Waals surface area contributed by atoms with Gasteiger partial charge in [0.05, 0.1) is 22.4 Å². The average molecular weight is 715 g/mol. The number of furan rings is 1. The summed E-state index contributed by atoms with van der Waals surface area (Å²) in [7, 11) is 0. The van der Waals surface area contributed by atoms with Gasteiger partial charge in [0.1, 0.15) is 11.2 Å². The van der Waals surface area contributed by atoms with E-state index in [2.05, 4.69) is 193 Å². The minimum Gasteiger partial charge on any atom is -0.455 e. The number of rotatable bonds is 6. The zero-order valence-corrected chi connectivity index (χ0v) is 30.4. The summed E-state index contributed by atoms with van der Waals surface area (Å²) < 4.78 is 8.71. The molecule has 0 radical (unpaired) electrons. The van der Waals surface area contributed by atoms with Gasteiger partial charge in [0, 0.05) is 43.9 Å². The highest BCUT2D eigenvalue weighted by Crippen LogP contribution is 2.38. The molecule has 56 heavy (non-hydrogen) atoms. The Hall–Kier alpha value is -7.49. The van der Waals surface area contributed by atoms with Crippen LogP contribution in [0.1, 0.15) is 0 Å². The second-order valence-corrected chi connectivity index (χ2v) is 14.3. The van der Waals surface area contributed by atoms with Gasteiger partial charge in [-0.15, -0.1) is 0 Å². The van der Waals surface area contributed by atoms with Crippen molar-refractivity contribution in [2.75, 3.05) is 0 Å². The lowest BCUT2D eigenvalue weighted by atomic mass is 9.96. The summed E-state index contributed by atoms with van der Waals surface area (Å²) in [4.78, 5) is 5.19. The number of pyridine rings is 1. The molecule has 0 spiro atoms. The summed E-state index contributed by atoms with van der Waals surface area (Å²) in [5.41, 5.74) is 16.2. The maximum atomic E-state index is 6.35. The van der Waals surface area contributed by atoms with Gasteiger partial charge in [-0.25, -0.2) is 4.98 Å². The van der Waals surface area contributed by atoms with Crippen LogP contribution in [0.25, 0.3) is 105 Å². The lowest BCUT2D eigenvalue weighted by Crippen LogP contribution is -1.93. The van der Waals surface area contributed by atoms with Crippen LogP contribution in [-0.4, -0.2) is 9.55 Å². The molecular formula is C53H34N2O. The van der Waals surface area contributed by atoms with Crippen LogP contribution >= 0.6 is 0 Å². The van der Waals surface area contributed by atoms with Crippen LogP contribution in [0.2, 0.25) is 0 Å². The molecule has 8 aromatic carbocycles. The monoisotopic (exact) mass is 714 g/mol. The fraction of sp³-hybridized carbons (Fsp3) is 0. The number of hydrogen-bond acceptors (Lipinski definition) is 2. The Balaban J connectivity index is 0.928. The molecule has 0 saturated carbocycles. The van der Waals surface area contributed by atoms with Crippen molar-refractivity contribution in [1.29, 1.82) is 0 Å². The van der Waals surface area contributed by atoms with Crippen LogP contribution in [0.5, 0.6) is 0 Å². The van der Waals surface area contributed by atoms with Gasteiger partial charge in [-0.05, 0) is 70.3 Å². The fourth-order valence-electron chi connectivity index (χ4n) is 8.26. The highest BCUT2D eigenvalue weighted by Gasteiger charge is 2.15. The molecule has 3 heterocycles. The van der Waals surface area contributed by atoms with Gasteiger partial charge in [0.2, 0.25) is 0 Å². The third-order valence-corrected chi connectivity index (χ3v) is 11.0. The van der Waals surface area contributed by atoms with Crippen molar-refractivity contribution in [3.63, 3.8) is 0 Å². The van der Waals surface area contributed by atoms with Crippen LogP contribution < -0.4 is 0 Å². The smallest absolute Gasteiger partial charge is 0.143 e. The summed E-state index contributed by atoms with van der Waals surface area (Å²) in [6.45, 7) is 0. The number of benzene rings is 8. The van der Waals surface area contributed by atoms with Crippen LogP contribution in [0.3, 0.4) is 0 Å². The Kier molecular flexibility index (Phi) is 7.49. The molecule has 0 aliphatic carbocycles. The van der Waals surface area contributed by atoms with E-state index in [0.29, 0.717) is 0 Å². The van der Waals surface area contributed by atoms with Crippen molar-refractivity contribution >= 4 is 43.7 Å². The molecule has 0 bridgehead atoms. The van der Waals surface area contributed by atoms with Crippen LogP contribution in [0, 0.1) is 0 Å². The quantitative estimate of drug-likeness (QED) is 0.172. The first-order valence-electron chi connectivity index (χ1n) is 19.0. The molecule has 0 amide bonds. The van der Waals surface area contributed by atoms with Crippen molar-refractivity contribution in [3.05, 3.63) is 206 Å². The Morgan fingerprint density at radius 3 is 1.48 bits per heavy atom. The molecule has 0 N–H and O–H groups in total. The molecule has 0 atom stereocenters. The molecular weight excluding hydrogens is 681 g/mol. The first-order valence-corrected chi connectivity index (χ1v) is 19.0. The average Bonchev–Trinajstić information content (AvgIpc) is 3.83. The number of aromatic nitrogens is 2. The highest BCUT2D eigenvalue weighted by atomic mass is 16.3. The van der Waals surface area contributed by atoms with Gasteiger partial charge in [-0.1, -0.05) is 164 Å². The predicted octanol–water partition coefficient (Wildman–Crippen LogP) is 14.4. The van der Waals surface area contributed by atoms with Gasteiger partial charge in [0.15, 0.2) is 0 Å². The first-order chi connectivity index (χ1) is 27.7. The van der Waals surface area contributed by atoms with E-state index >= 15 is 0 Å². The Bertz CT molecular complexity index is 3150. The highest BCUT2D eigenvalue weighted by molar-refractivity contribution is 6.10. The summed E-state index contributed by atoms with van der Waals surface area (Å²) in [5.74, 6) is 0. The largest absolute Gasteiger partial charge is 0.455 e. The summed E-state index contributed by atoms with van der Waals surface area (Å²) in [5, 5.41) is 4.81. The van der Waals surface area contributed by atoms with Crippen molar-refractivity contribution in [2.45, 2.75) is 0 Å². The zero-order chi connectivity index (χ0) is 37.0. The summed E-state index contributed by atoms with van der Waals surface area (Å²) in [6.07, 6.45) is 0. The van der Waals surface area contributed by atoms with Gasteiger partial charge < -0.3 is 8.98 Å². The van der Waals surface area contributed by atoms with Crippen LogP contribution in [0.4, 0.5) is 0 Å². The van der Waals surface area contributed by atoms with Crippen molar-refractivity contribution < 1.29 is 4.42 Å². The van der Waals surface area contributed by atoms with E-state index < -0.39 is 0 Å². The number of hydrogen-bond donors (Lipinski definition) is 0. The maximum Gasteiger partial charge on any atom is 0.143 e. The Labute approximate surface area is 324 Å². The lowest BCUT2D eigenvalue weighted by molar-refractivity contribution is 0.670. The molecule has 0 unspecified atom stereocenters. The van der Waals surface area contributed by atoms with E-state index in [4.69, 9.17) is 9.40 Å². The Morgan fingerprint density at radius 2 is 0.821 bits per heavy atom. The molecule has 0 aliphatic rings. The van der Waals surface area contributed by atoms with E-state index in [0.717, 1.165) is 72.4 Å². The van der Waals surface area contributed by atoms with E-state index in [-0.39, 0.29) is 0 Å². The van der Waals surface area contributed by atoms with E-state index in [1.54, 1.807) is 0 Å². The minimum absolute atomic E-state index is 0.905. The molecule has 11 aromatic rings. The second-order valence-electron chi connectivity index (χ2n) is 14.3. The SMILES string of the molecule is c1ccc(-c2cc(-c3ccc(-c4ccc(-n5c6ccccc6c6ccccc65)cc4)cc3)cc(-c3ccc(-c4cccc5c4oc4ccccc45)cc3)n2)cc1. The van der Waals surface area contributed by atoms with Crippen molar-refractivity contribution in [1.82, 2.24) is 9.55 Å². The van der Waals surface area contributed by atoms with Crippen molar-refractivity contribution in [2.24, 2.45) is 0 Å². The number of nitrogens with zero attached hydrogens (tertiary/aromatic N) is 2. The fourth-order valence-corrected chi connectivity index (χ4v) is 8.26. The zero-order valence-electron chi connectivity index (χ0n) is 30.4. The topological polar surface area (TPSA) is 31.0 Å². The normalized spacial score (nSPS) is 11.6. The molecule has 11 rings (SSSR count). The third kappa shape index (κ3) is 5.40. The van der Waals surface area contributed by atoms with Gasteiger partial charge in [-0.3, -0.25) is 0 Å². The summed E-state index contributed by atoms with van der Waals surface area (Å²) >= 11 is 0. The van der Waals surface area contributed by atoms with Crippen LogP contribution in [-0.2, 0) is 0 Å².